The molecule has 0 aromatic heterocycles. The van der Waals surface area contributed by atoms with Crippen LogP contribution in [0.15, 0.2) is 42.5 Å². The van der Waals surface area contributed by atoms with Gasteiger partial charge in [-0.1, -0.05) is 48.9 Å². The van der Waals surface area contributed by atoms with Crippen LogP contribution in [-0.2, 0) is 19.3 Å². The van der Waals surface area contributed by atoms with Gasteiger partial charge in [-0.25, -0.2) is 13.2 Å². The van der Waals surface area contributed by atoms with E-state index in [1.165, 1.54) is 11.1 Å². The largest absolute Gasteiger partial charge is 0.206 e. The first-order chi connectivity index (χ1) is 12.5. The molecule has 26 heavy (non-hydrogen) atoms. The van der Waals surface area contributed by atoms with Crippen LogP contribution in [-0.4, -0.2) is 0 Å². The van der Waals surface area contributed by atoms with E-state index in [1.54, 1.807) is 6.07 Å². The quantitative estimate of drug-likeness (QED) is 0.436. The molecule has 132 valence electrons. The van der Waals surface area contributed by atoms with Crippen molar-refractivity contribution in [2.45, 2.75) is 26.2 Å². The van der Waals surface area contributed by atoms with Crippen LogP contribution in [0.25, 0.3) is 22.3 Å². The van der Waals surface area contributed by atoms with Crippen LogP contribution in [0.2, 0.25) is 5.02 Å². The zero-order valence-electron chi connectivity index (χ0n) is 14.2. The summed E-state index contributed by atoms with van der Waals surface area (Å²) in [5.41, 5.74) is 5.29. The fourth-order valence-electron chi connectivity index (χ4n) is 3.65. The predicted molar refractivity (Wildman–Crippen MR) is 99.0 cm³/mol. The SMILES string of the molecule is CCc1ccc2c(c1)CCc1c-2ccc(-c2cc(F)c(Cl)c(F)c2)c1F. The molecule has 0 atom stereocenters. The molecule has 1 aliphatic carbocycles. The van der Waals surface area contributed by atoms with Gasteiger partial charge in [0.05, 0.1) is 0 Å². The van der Waals surface area contributed by atoms with Crippen LogP contribution >= 0.6 is 11.6 Å². The zero-order valence-corrected chi connectivity index (χ0v) is 14.9. The summed E-state index contributed by atoms with van der Waals surface area (Å²) in [4.78, 5) is 0. The van der Waals surface area contributed by atoms with Crippen LogP contribution in [0, 0.1) is 17.5 Å². The summed E-state index contributed by atoms with van der Waals surface area (Å²) >= 11 is 5.53. The van der Waals surface area contributed by atoms with Crippen LogP contribution in [0.3, 0.4) is 0 Å². The maximum absolute atomic E-state index is 15.2. The van der Waals surface area contributed by atoms with Gasteiger partial charge in [0.1, 0.15) is 22.5 Å². The summed E-state index contributed by atoms with van der Waals surface area (Å²) < 4.78 is 42.7. The van der Waals surface area contributed by atoms with Crippen molar-refractivity contribution < 1.29 is 13.2 Å². The third-order valence-corrected chi connectivity index (χ3v) is 5.41. The minimum absolute atomic E-state index is 0.150. The molecule has 0 fully saturated rings. The van der Waals surface area contributed by atoms with Gasteiger partial charge in [-0.05, 0) is 64.8 Å². The minimum Gasteiger partial charge on any atom is -0.206 e. The van der Waals surface area contributed by atoms with Crippen LogP contribution in [0.5, 0.6) is 0 Å². The van der Waals surface area contributed by atoms with Gasteiger partial charge in [0.2, 0.25) is 0 Å². The molecule has 0 unspecified atom stereocenters. The molecule has 0 heterocycles. The van der Waals surface area contributed by atoms with Crippen molar-refractivity contribution in [3.05, 3.63) is 81.6 Å². The fourth-order valence-corrected chi connectivity index (χ4v) is 3.76. The molecule has 0 spiro atoms. The Morgan fingerprint density at radius 2 is 1.50 bits per heavy atom. The number of hydrogen-bond donors (Lipinski definition) is 0. The lowest BCUT2D eigenvalue weighted by Gasteiger charge is -2.22. The number of hydrogen-bond acceptors (Lipinski definition) is 0. The Morgan fingerprint density at radius 1 is 0.846 bits per heavy atom. The monoisotopic (exact) mass is 372 g/mol. The van der Waals surface area contributed by atoms with Crippen molar-refractivity contribution in [2.24, 2.45) is 0 Å². The Hall–Kier alpha value is -2.26. The molecular formula is C22H16ClF3. The predicted octanol–water partition coefficient (Wildman–Crippen LogP) is 6.75. The molecule has 3 aromatic rings. The molecule has 1 aliphatic rings. The van der Waals surface area contributed by atoms with Gasteiger partial charge in [0, 0.05) is 5.56 Å². The number of rotatable bonds is 2. The molecule has 0 saturated heterocycles. The highest BCUT2D eigenvalue weighted by atomic mass is 35.5. The normalized spacial score (nSPS) is 12.7. The molecule has 0 N–H and O–H groups in total. The molecular weight excluding hydrogens is 357 g/mol. The summed E-state index contributed by atoms with van der Waals surface area (Å²) in [5, 5.41) is -0.576. The lowest BCUT2D eigenvalue weighted by Crippen LogP contribution is -2.08. The van der Waals surface area contributed by atoms with Crippen LogP contribution < -0.4 is 0 Å². The third-order valence-electron chi connectivity index (χ3n) is 5.05. The van der Waals surface area contributed by atoms with Gasteiger partial charge in [0.25, 0.3) is 0 Å². The highest BCUT2D eigenvalue weighted by Crippen LogP contribution is 2.39. The smallest absolute Gasteiger partial charge is 0.145 e. The van der Waals surface area contributed by atoms with Gasteiger partial charge in [-0.2, -0.15) is 0 Å². The van der Waals surface area contributed by atoms with E-state index in [1.807, 2.05) is 12.1 Å². The van der Waals surface area contributed by atoms with Crippen molar-refractivity contribution in [1.82, 2.24) is 0 Å². The molecule has 0 bridgehead atoms. The average molecular weight is 373 g/mol. The number of fused-ring (bicyclic) bond motifs is 3. The Bertz CT molecular complexity index is 1000. The number of halogens is 4. The summed E-state index contributed by atoms with van der Waals surface area (Å²) in [7, 11) is 0. The van der Waals surface area contributed by atoms with Crippen molar-refractivity contribution in [3.8, 4) is 22.3 Å². The number of benzene rings is 3. The first-order valence-electron chi connectivity index (χ1n) is 8.58. The molecule has 0 nitrogen and oxygen atoms in total. The van der Waals surface area contributed by atoms with E-state index >= 15 is 4.39 Å². The molecule has 3 aromatic carbocycles. The van der Waals surface area contributed by atoms with Crippen molar-refractivity contribution in [3.63, 3.8) is 0 Å². The second kappa shape index (κ2) is 6.48. The lowest BCUT2D eigenvalue weighted by atomic mass is 9.83. The molecule has 0 radical (unpaired) electrons. The van der Waals surface area contributed by atoms with Gasteiger partial charge >= 0.3 is 0 Å². The van der Waals surface area contributed by atoms with Gasteiger partial charge in [-0.3, -0.25) is 0 Å². The summed E-state index contributed by atoms with van der Waals surface area (Å²) in [5.74, 6) is -2.21. The Morgan fingerprint density at radius 3 is 2.19 bits per heavy atom. The van der Waals surface area contributed by atoms with E-state index in [2.05, 4.69) is 19.1 Å². The second-order valence-corrected chi connectivity index (χ2v) is 6.93. The van der Waals surface area contributed by atoms with Crippen LogP contribution in [0.4, 0.5) is 13.2 Å². The number of aryl methyl sites for hydroxylation is 2. The van der Waals surface area contributed by atoms with Crippen LogP contribution in [0.1, 0.15) is 23.6 Å². The molecule has 0 saturated carbocycles. The van der Waals surface area contributed by atoms with E-state index < -0.39 is 22.5 Å². The highest BCUT2D eigenvalue weighted by molar-refractivity contribution is 6.31. The molecule has 0 amide bonds. The zero-order chi connectivity index (χ0) is 18.4. The maximum Gasteiger partial charge on any atom is 0.145 e. The first kappa shape index (κ1) is 17.2. The Labute approximate surface area is 155 Å². The van der Waals surface area contributed by atoms with Gasteiger partial charge < -0.3 is 0 Å². The molecule has 4 heteroatoms. The lowest BCUT2D eigenvalue weighted by molar-refractivity contribution is 0.583. The average Bonchev–Trinajstić information content (AvgIpc) is 2.65. The highest BCUT2D eigenvalue weighted by Gasteiger charge is 2.22. The van der Waals surface area contributed by atoms with E-state index in [9.17, 15) is 8.78 Å². The van der Waals surface area contributed by atoms with Gasteiger partial charge in [-0.15, -0.1) is 0 Å². The van der Waals surface area contributed by atoms with Crippen molar-refractivity contribution >= 4 is 11.6 Å². The standard InChI is InChI=1S/C22H16ClF3/c1-2-12-3-5-15-13(9-12)4-6-18-17(15)8-7-16(22(18)26)14-10-19(24)21(23)20(25)11-14/h3,5,7-11H,2,4,6H2,1H3. The first-order valence-corrected chi connectivity index (χ1v) is 8.96. The summed E-state index contributed by atoms with van der Waals surface area (Å²) in [6.45, 7) is 2.11. The summed E-state index contributed by atoms with van der Waals surface area (Å²) in [6.07, 6.45) is 2.27. The topological polar surface area (TPSA) is 0 Å². The minimum atomic E-state index is -0.892. The maximum atomic E-state index is 15.2. The van der Waals surface area contributed by atoms with Gasteiger partial charge in [0.15, 0.2) is 0 Å². The van der Waals surface area contributed by atoms with E-state index in [0.29, 0.717) is 12.0 Å². The van der Waals surface area contributed by atoms with Crippen molar-refractivity contribution in [1.29, 1.82) is 0 Å². The summed E-state index contributed by atoms with van der Waals surface area (Å²) in [6, 6.07) is 11.8. The third kappa shape index (κ3) is 2.71. The molecule has 0 aliphatic heterocycles. The van der Waals surface area contributed by atoms with E-state index in [4.69, 9.17) is 11.6 Å². The van der Waals surface area contributed by atoms with E-state index in [-0.39, 0.29) is 11.1 Å². The van der Waals surface area contributed by atoms with E-state index in [0.717, 1.165) is 36.1 Å². The Balaban J connectivity index is 1.86. The fraction of sp³-hybridized carbons (Fsp3) is 0.182. The second-order valence-electron chi connectivity index (χ2n) is 6.55. The Kier molecular flexibility index (Phi) is 4.28. The molecule has 4 rings (SSSR count). The van der Waals surface area contributed by atoms with Crippen molar-refractivity contribution in [2.75, 3.05) is 0 Å².